The number of carboxylic acids is 1. The van der Waals surface area contributed by atoms with Crippen LogP contribution in [-0.4, -0.2) is 39.1 Å². The Morgan fingerprint density at radius 1 is 0.889 bits per heavy atom. The summed E-state index contributed by atoms with van der Waals surface area (Å²) in [7, 11) is 0. The van der Waals surface area contributed by atoms with Crippen molar-refractivity contribution in [3.63, 3.8) is 0 Å². The van der Waals surface area contributed by atoms with E-state index in [0.717, 1.165) is 51.4 Å². The van der Waals surface area contributed by atoms with Crippen molar-refractivity contribution in [2.75, 3.05) is 0 Å². The molecule has 0 aromatic carbocycles. The molecule has 5 aliphatic carbocycles. The van der Waals surface area contributed by atoms with Crippen molar-refractivity contribution >= 4 is 11.9 Å². The molecule has 1 spiro atoms. The molecule has 0 aromatic heterocycles. The number of hydrogen-bond donors (Lipinski definition) is 3. The predicted molar refractivity (Wildman–Crippen MR) is 133 cm³/mol. The quantitative estimate of drug-likeness (QED) is 0.429. The lowest BCUT2D eigenvalue weighted by Gasteiger charge is -2.74. The molecule has 1 heterocycles. The minimum atomic E-state index is -1.76. The molecule has 2 bridgehead atoms. The van der Waals surface area contributed by atoms with E-state index >= 15 is 0 Å². The molecule has 6 fully saturated rings. The zero-order chi connectivity index (χ0) is 26.3. The van der Waals surface area contributed by atoms with Crippen LogP contribution in [0.2, 0.25) is 0 Å². The molecule has 202 valence electrons. The van der Waals surface area contributed by atoms with E-state index in [4.69, 9.17) is 4.74 Å². The standard InChI is InChI=1S/C30H46O6/c1-17-29-8-7-18-26(4,19(29)15-21(31)30(17,35)36-23(29)34)12-14-28(6)20-16-25(3,22(32)33)10-9-24(20,2)11-13-27(18,28)5/h17-21,31,35H,7-16H2,1-6H3,(H,32,33)/t17-,18?,19?,20?,21-,24-,25-,26-,27-,28+,29+,30-/m1/s1. The van der Waals surface area contributed by atoms with E-state index in [2.05, 4.69) is 27.7 Å². The largest absolute Gasteiger partial charge is 0.481 e. The summed E-state index contributed by atoms with van der Waals surface area (Å²) < 4.78 is 5.57. The number of carbonyl (C=O) groups is 2. The minimum Gasteiger partial charge on any atom is -0.481 e. The normalized spacial score (nSPS) is 61.8. The number of hydrogen-bond acceptors (Lipinski definition) is 5. The van der Waals surface area contributed by atoms with Crippen LogP contribution in [-0.2, 0) is 14.3 Å². The highest BCUT2D eigenvalue weighted by Crippen LogP contribution is 2.79. The number of rotatable bonds is 1. The first-order valence-corrected chi connectivity index (χ1v) is 14.4. The molecule has 6 heteroatoms. The summed E-state index contributed by atoms with van der Waals surface area (Å²) in [5.41, 5.74) is -1.28. The average molecular weight is 503 g/mol. The molecule has 6 nitrogen and oxygen atoms in total. The predicted octanol–water partition coefficient (Wildman–Crippen LogP) is 5.15. The van der Waals surface area contributed by atoms with Crippen molar-refractivity contribution < 1.29 is 29.6 Å². The van der Waals surface area contributed by atoms with Crippen LogP contribution in [0, 0.1) is 56.2 Å². The van der Waals surface area contributed by atoms with E-state index in [-0.39, 0.29) is 33.5 Å². The van der Waals surface area contributed by atoms with Gasteiger partial charge in [-0.05, 0) is 111 Å². The maximum atomic E-state index is 13.4. The molecule has 0 amide bonds. The molecule has 3 unspecified atom stereocenters. The Morgan fingerprint density at radius 3 is 2.17 bits per heavy atom. The molecule has 0 aromatic rings. The summed E-state index contributed by atoms with van der Waals surface area (Å²) in [5, 5.41) is 32.3. The number of aliphatic carboxylic acids is 1. The summed E-state index contributed by atoms with van der Waals surface area (Å²) in [6.45, 7) is 13.6. The van der Waals surface area contributed by atoms with Gasteiger partial charge >= 0.3 is 11.9 Å². The van der Waals surface area contributed by atoms with Crippen molar-refractivity contribution in [3.05, 3.63) is 0 Å². The number of carbonyl (C=O) groups excluding carboxylic acids is 1. The van der Waals surface area contributed by atoms with E-state index in [1.807, 2.05) is 13.8 Å². The first kappa shape index (κ1) is 25.2. The van der Waals surface area contributed by atoms with Crippen LogP contribution in [0.3, 0.4) is 0 Å². The summed E-state index contributed by atoms with van der Waals surface area (Å²) in [6, 6.07) is 0. The molecule has 6 rings (SSSR count). The van der Waals surface area contributed by atoms with Gasteiger partial charge in [-0.3, -0.25) is 9.59 Å². The summed E-state index contributed by atoms with van der Waals surface area (Å²) in [6.07, 6.45) is 7.70. The molecule has 6 aliphatic rings. The fourth-order valence-electron chi connectivity index (χ4n) is 11.8. The van der Waals surface area contributed by atoms with Crippen molar-refractivity contribution in [2.24, 2.45) is 56.2 Å². The summed E-state index contributed by atoms with van der Waals surface area (Å²) >= 11 is 0. The second kappa shape index (κ2) is 6.89. The molecule has 0 radical (unpaired) electrons. The lowest BCUT2D eigenvalue weighted by molar-refractivity contribution is -0.290. The molecule has 3 N–H and O–H groups in total. The molecular weight excluding hydrogens is 456 g/mol. The minimum absolute atomic E-state index is 0.0191. The van der Waals surface area contributed by atoms with Crippen LogP contribution in [0.25, 0.3) is 0 Å². The van der Waals surface area contributed by atoms with Gasteiger partial charge in [0, 0.05) is 5.92 Å². The van der Waals surface area contributed by atoms with Gasteiger partial charge in [-0.25, -0.2) is 0 Å². The zero-order valence-corrected chi connectivity index (χ0v) is 23.0. The van der Waals surface area contributed by atoms with Gasteiger partial charge in [0.25, 0.3) is 0 Å². The van der Waals surface area contributed by atoms with Gasteiger partial charge in [-0.15, -0.1) is 0 Å². The molecular formula is C30H46O6. The SMILES string of the molecule is C[C@H]1[C@@]2(O)OC(=O)[C@@]13CCC1[C@@](C)(CC[C@@]4(C)C5C[C@](C)(C(=O)O)CC[C@]5(C)CC[C@]14C)C3C[C@H]2O. The number of fused-ring (bicyclic) bond motifs is 7. The first-order valence-electron chi connectivity index (χ1n) is 14.4. The van der Waals surface area contributed by atoms with Gasteiger partial charge in [0.1, 0.15) is 6.10 Å². The number of carboxylic acid groups (broad SMARTS) is 1. The van der Waals surface area contributed by atoms with Crippen LogP contribution >= 0.6 is 0 Å². The monoisotopic (exact) mass is 502 g/mol. The van der Waals surface area contributed by atoms with Crippen LogP contribution in [0.4, 0.5) is 0 Å². The first-order chi connectivity index (χ1) is 16.5. The zero-order valence-electron chi connectivity index (χ0n) is 23.0. The van der Waals surface area contributed by atoms with Crippen LogP contribution in [0.1, 0.15) is 106 Å². The third-order valence-electron chi connectivity index (χ3n) is 14.5. The van der Waals surface area contributed by atoms with Gasteiger partial charge in [0.05, 0.1) is 10.8 Å². The second-order valence-electron chi connectivity index (χ2n) is 15.4. The van der Waals surface area contributed by atoms with Crippen molar-refractivity contribution in [1.82, 2.24) is 0 Å². The number of esters is 1. The number of aliphatic hydroxyl groups is 2. The van der Waals surface area contributed by atoms with E-state index in [9.17, 15) is 24.9 Å². The van der Waals surface area contributed by atoms with E-state index < -0.39 is 34.6 Å². The van der Waals surface area contributed by atoms with Crippen molar-refractivity contribution in [2.45, 2.75) is 118 Å². The Balaban J connectivity index is 1.42. The highest BCUT2D eigenvalue weighted by molar-refractivity contribution is 5.81. The number of ether oxygens (including phenoxy) is 1. The van der Waals surface area contributed by atoms with Crippen molar-refractivity contribution in [1.29, 1.82) is 0 Å². The fourth-order valence-corrected chi connectivity index (χ4v) is 11.8. The summed E-state index contributed by atoms with van der Waals surface area (Å²) in [5.74, 6) is -2.42. The third kappa shape index (κ3) is 2.53. The Bertz CT molecular complexity index is 1030. The molecule has 5 saturated carbocycles. The third-order valence-corrected chi connectivity index (χ3v) is 14.5. The van der Waals surface area contributed by atoms with E-state index in [0.29, 0.717) is 24.7 Å². The summed E-state index contributed by atoms with van der Waals surface area (Å²) in [4.78, 5) is 25.8. The Morgan fingerprint density at radius 2 is 1.50 bits per heavy atom. The van der Waals surface area contributed by atoms with Gasteiger partial charge in [0.2, 0.25) is 5.79 Å². The maximum Gasteiger partial charge on any atom is 0.315 e. The van der Waals surface area contributed by atoms with Crippen LogP contribution in [0.15, 0.2) is 0 Å². The van der Waals surface area contributed by atoms with Crippen LogP contribution < -0.4 is 0 Å². The van der Waals surface area contributed by atoms with E-state index in [1.165, 1.54) is 0 Å². The van der Waals surface area contributed by atoms with Crippen LogP contribution in [0.5, 0.6) is 0 Å². The Kier molecular flexibility index (Phi) is 4.81. The Hall–Kier alpha value is -1.14. The molecule has 36 heavy (non-hydrogen) atoms. The fraction of sp³-hybridized carbons (Fsp3) is 0.933. The molecule has 1 saturated heterocycles. The highest BCUT2D eigenvalue weighted by Gasteiger charge is 2.78. The highest BCUT2D eigenvalue weighted by atomic mass is 16.7. The second-order valence-corrected chi connectivity index (χ2v) is 15.4. The van der Waals surface area contributed by atoms with Gasteiger partial charge in [0.15, 0.2) is 0 Å². The lowest BCUT2D eigenvalue weighted by Crippen LogP contribution is -2.69. The maximum absolute atomic E-state index is 13.4. The van der Waals surface area contributed by atoms with E-state index in [1.54, 1.807) is 0 Å². The lowest BCUT2D eigenvalue weighted by atomic mass is 9.30. The molecule has 1 aliphatic heterocycles. The van der Waals surface area contributed by atoms with Gasteiger partial charge in [-0.1, -0.05) is 34.6 Å². The average Bonchev–Trinajstić information content (AvgIpc) is 2.94. The van der Waals surface area contributed by atoms with Gasteiger partial charge in [-0.2, -0.15) is 0 Å². The van der Waals surface area contributed by atoms with Crippen molar-refractivity contribution in [3.8, 4) is 0 Å². The smallest absolute Gasteiger partial charge is 0.315 e. The number of aliphatic hydroxyl groups excluding tert-OH is 1. The Labute approximate surface area is 215 Å². The van der Waals surface area contributed by atoms with Gasteiger partial charge < -0.3 is 20.1 Å². The topological polar surface area (TPSA) is 104 Å². The molecule has 12 atom stereocenters.